The first-order valence-electron chi connectivity index (χ1n) is 8.09. The number of aliphatic hydroxyl groups is 1. The maximum Gasteiger partial charge on any atom is 0.137 e. The number of methoxy groups -OCH3 is 1. The number of β-amino-alcohol motifs (C(OH)–C–C–N with tert-alkyl or cyclic N) is 1. The lowest BCUT2D eigenvalue weighted by atomic mass is 10.0. The van der Waals surface area contributed by atoms with Gasteiger partial charge in [-0.3, -0.25) is 4.90 Å². The van der Waals surface area contributed by atoms with Crippen LogP contribution in [0.25, 0.3) is 11.1 Å². The van der Waals surface area contributed by atoms with Crippen LogP contribution in [0.2, 0.25) is 5.02 Å². The van der Waals surface area contributed by atoms with E-state index in [1.54, 1.807) is 7.11 Å². The van der Waals surface area contributed by atoms with Crippen LogP contribution < -0.4 is 4.74 Å². The van der Waals surface area contributed by atoms with Crippen LogP contribution in [0.5, 0.6) is 5.75 Å². The molecule has 1 aliphatic rings. The van der Waals surface area contributed by atoms with Crippen LogP contribution in [-0.4, -0.2) is 50.0 Å². The zero-order valence-corrected chi connectivity index (χ0v) is 14.5. The van der Waals surface area contributed by atoms with Crippen molar-refractivity contribution in [2.75, 3.05) is 40.0 Å². The zero-order chi connectivity index (χ0) is 16.9. The van der Waals surface area contributed by atoms with Crippen LogP contribution in [0.1, 0.15) is 11.7 Å². The Hall–Kier alpha value is -1.59. The third kappa shape index (κ3) is 4.08. The highest BCUT2D eigenvalue weighted by Crippen LogP contribution is 2.30. The number of rotatable bonds is 5. The second-order valence-corrected chi connectivity index (χ2v) is 6.31. The standard InChI is InChI=1S/C19H22ClNO3/c1-23-19-7-6-16(12-17(19)20)14-2-4-15(5-3-14)18(22)13-21-8-10-24-11-9-21/h2-7,12,18,22H,8-11,13H2,1H3. The van der Waals surface area contributed by atoms with E-state index in [0.29, 0.717) is 17.3 Å². The van der Waals surface area contributed by atoms with Gasteiger partial charge in [0.25, 0.3) is 0 Å². The van der Waals surface area contributed by atoms with Crippen LogP contribution in [0.15, 0.2) is 42.5 Å². The predicted molar refractivity (Wildman–Crippen MR) is 95.7 cm³/mol. The Morgan fingerprint density at radius 3 is 2.42 bits per heavy atom. The lowest BCUT2D eigenvalue weighted by Crippen LogP contribution is -2.38. The quantitative estimate of drug-likeness (QED) is 0.900. The molecule has 128 valence electrons. The second kappa shape index (κ2) is 7.99. The third-order valence-electron chi connectivity index (χ3n) is 4.32. The smallest absolute Gasteiger partial charge is 0.137 e. The molecular formula is C19H22ClNO3. The van der Waals surface area contributed by atoms with E-state index >= 15 is 0 Å². The van der Waals surface area contributed by atoms with Gasteiger partial charge in [-0.25, -0.2) is 0 Å². The van der Waals surface area contributed by atoms with Gasteiger partial charge in [-0.05, 0) is 28.8 Å². The summed E-state index contributed by atoms with van der Waals surface area (Å²) in [5, 5.41) is 11.0. The highest BCUT2D eigenvalue weighted by atomic mass is 35.5. The van der Waals surface area contributed by atoms with Gasteiger partial charge in [0.05, 0.1) is 31.5 Å². The molecule has 1 saturated heterocycles. The molecule has 1 atom stereocenters. The molecule has 1 N–H and O–H groups in total. The number of benzene rings is 2. The van der Waals surface area contributed by atoms with Crippen LogP contribution in [0.3, 0.4) is 0 Å². The molecule has 1 heterocycles. The van der Waals surface area contributed by atoms with Gasteiger partial charge in [0, 0.05) is 19.6 Å². The van der Waals surface area contributed by atoms with Crippen molar-refractivity contribution in [2.45, 2.75) is 6.10 Å². The third-order valence-corrected chi connectivity index (χ3v) is 4.61. The normalized spacial score (nSPS) is 16.8. The fourth-order valence-corrected chi connectivity index (χ4v) is 3.14. The Kier molecular flexibility index (Phi) is 5.74. The Bertz CT molecular complexity index is 669. The SMILES string of the molecule is COc1ccc(-c2ccc(C(O)CN3CCOCC3)cc2)cc1Cl. The largest absolute Gasteiger partial charge is 0.495 e. The number of halogens is 1. The van der Waals surface area contributed by atoms with Gasteiger partial charge < -0.3 is 14.6 Å². The van der Waals surface area contributed by atoms with Crippen molar-refractivity contribution >= 4 is 11.6 Å². The summed E-state index contributed by atoms with van der Waals surface area (Å²) in [5.74, 6) is 0.665. The summed E-state index contributed by atoms with van der Waals surface area (Å²) in [6.45, 7) is 3.86. The summed E-state index contributed by atoms with van der Waals surface area (Å²) in [6, 6.07) is 13.7. The van der Waals surface area contributed by atoms with Crippen molar-refractivity contribution in [3.8, 4) is 16.9 Å². The molecule has 1 fully saturated rings. The van der Waals surface area contributed by atoms with Crippen molar-refractivity contribution in [3.63, 3.8) is 0 Å². The van der Waals surface area contributed by atoms with E-state index in [9.17, 15) is 5.11 Å². The first-order valence-corrected chi connectivity index (χ1v) is 8.47. The number of hydrogen-bond acceptors (Lipinski definition) is 4. The van der Waals surface area contributed by atoms with Crippen LogP contribution in [0, 0.1) is 0 Å². The number of nitrogens with zero attached hydrogens (tertiary/aromatic N) is 1. The molecule has 0 aliphatic carbocycles. The molecule has 1 aliphatic heterocycles. The fourth-order valence-electron chi connectivity index (χ4n) is 2.88. The van der Waals surface area contributed by atoms with Crippen molar-refractivity contribution in [1.29, 1.82) is 0 Å². The summed E-state index contributed by atoms with van der Waals surface area (Å²) >= 11 is 6.19. The van der Waals surface area contributed by atoms with Gasteiger partial charge in [-0.1, -0.05) is 41.9 Å². The number of morpholine rings is 1. The fraction of sp³-hybridized carbons (Fsp3) is 0.368. The Balaban J connectivity index is 1.69. The minimum Gasteiger partial charge on any atom is -0.495 e. The molecular weight excluding hydrogens is 326 g/mol. The molecule has 4 nitrogen and oxygen atoms in total. The van der Waals surface area contributed by atoms with Crippen molar-refractivity contribution in [1.82, 2.24) is 4.90 Å². The maximum atomic E-state index is 10.4. The lowest BCUT2D eigenvalue weighted by Gasteiger charge is -2.28. The molecule has 0 spiro atoms. The second-order valence-electron chi connectivity index (χ2n) is 5.90. The zero-order valence-electron chi connectivity index (χ0n) is 13.7. The summed E-state index contributed by atoms with van der Waals surface area (Å²) < 4.78 is 10.5. The van der Waals surface area contributed by atoms with E-state index in [2.05, 4.69) is 4.90 Å². The minimum atomic E-state index is -0.489. The van der Waals surface area contributed by atoms with Gasteiger partial charge >= 0.3 is 0 Å². The van der Waals surface area contributed by atoms with E-state index in [0.717, 1.165) is 43.0 Å². The first-order chi connectivity index (χ1) is 11.7. The molecule has 24 heavy (non-hydrogen) atoms. The van der Waals surface area contributed by atoms with Crippen molar-refractivity contribution < 1.29 is 14.6 Å². The van der Waals surface area contributed by atoms with E-state index in [4.69, 9.17) is 21.1 Å². The number of aliphatic hydroxyl groups excluding tert-OH is 1. The van der Waals surface area contributed by atoms with Crippen LogP contribution in [0.4, 0.5) is 0 Å². The molecule has 2 aromatic rings. The van der Waals surface area contributed by atoms with E-state index < -0.39 is 6.10 Å². The molecule has 0 saturated carbocycles. The predicted octanol–water partition coefficient (Wildman–Crippen LogP) is 3.38. The molecule has 5 heteroatoms. The van der Waals surface area contributed by atoms with Gasteiger partial charge in [0.1, 0.15) is 5.75 Å². The molecule has 0 bridgehead atoms. The first kappa shape index (κ1) is 17.2. The van der Waals surface area contributed by atoms with Gasteiger partial charge in [0.2, 0.25) is 0 Å². The number of hydrogen-bond donors (Lipinski definition) is 1. The van der Waals surface area contributed by atoms with E-state index in [1.807, 2.05) is 42.5 Å². The molecule has 0 radical (unpaired) electrons. The molecule has 2 aromatic carbocycles. The maximum absolute atomic E-state index is 10.4. The Morgan fingerprint density at radius 2 is 1.79 bits per heavy atom. The lowest BCUT2D eigenvalue weighted by molar-refractivity contribution is 0.0143. The molecule has 1 unspecified atom stereocenters. The molecule has 3 rings (SSSR count). The summed E-state index contributed by atoms with van der Waals surface area (Å²) in [7, 11) is 1.60. The Labute approximate surface area is 147 Å². The van der Waals surface area contributed by atoms with Crippen molar-refractivity contribution in [2.24, 2.45) is 0 Å². The minimum absolute atomic E-state index is 0.489. The average molecular weight is 348 g/mol. The Morgan fingerprint density at radius 1 is 1.12 bits per heavy atom. The highest BCUT2D eigenvalue weighted by molar-refractivity contribution is 6.32. The monoisotopic (exact) mass is 347 g/mol. The van der Waals surface area contributed by atoms with Crippen molar-refractivity contribution in [3.05, 3.63) is 53.1 Å². The van der Waals surface area contributed by atoms with Gasteiger partial charge in [0.15, 0.2) is 0 Å². The highest BCUT2D eigenvalue weighted by Gasteiger charge is 2.16. The van der Waals surface area contributed by atoms with Crippen LogP contribution in [-0.2, 0) is 4.74 Å². The molecule has 0 aromatic heterocycles. The molecule has 0 amide bonds. The summed E-state index contributed by atoms with van der Waals surface area (Å²) in [6.07, 6.45) is -0.489. The topological polar surface area (TPSA) is 41.9 Å². The van der Waals surface area contributed by atoms with E-state index in [-0.39, 0.29) is 0 Å². The van der Waals surface area contributed by atoms with Gasteiger partial charge in [-0.2, -0.15) is 0 Å². The number of ether oxygens (including phenoxy) is 2. The average Bonchev–Trinajstić information content (AvgIpc) is 2.62. The summed E-state index contributed by atoms with van der Waals surface area (Å²) in [4.78, 5) is 2.23. The van der Waals surface area contributed by atoms with Gasteiger partial charge in [-0.15, -0.1) is 0 Å². The van der Waals surface area contributed by atoms with Crippen LogP contribution >= 0.6 is 11.6 Å². The summed E-state index contributed by atoms with van der Waals surface area (Å²) in [5.41, 5.74) is 3.00. The van der Waals surface area contributed by atoms with E-state index in [1.165, 1.54) is 0 Å².